The number of para-hydroxylation sites is 1. The van der Waals surface area contributed by atoms with Crippen LogP contribution in [0.1, 0.15) is 24.0 Å². The van der Waals surface area contributed by atoms with Crippen molar-refractivity contribution < 1.29 is 4.74 Å². The number of rotatable bonds is 3. The van der Waals surface area contributed by atoms with Crippen LogP contribution in [0.4, 0.5) is 0 Å². The van der Waals surface area contributed by atoms with E-state index >= 15 is 0 Å². The van der Waals surface area contributed by atoms with Crippen LogP contribution >= 0.6 is 23.2 Å². The number of ether oxygens (including phenoxy) is 1. The van der Waals surface area contributed by atoms with Gasteiger partial charge in [-0.25, -0.2) is 4.98 Å². The van der Waals surface area contributed by atoms with Gasteiger partial charge in [-0.2, -0.15) is 5.26 Å². The molecule has 1 aromatic carbocycles. The first-order valence-electron chi connectivity index (χ1n) is 7.06. The number of aromatic nitrogens is 1. The average molecular weight is 343 g/mol. The number of hydrogen-bond donors (Lipinski definition) is 0. The second-order valence-electron chi connectivity index (χ2n) is 5.00. The molecule has 0 N–H and O–H groups in total. The maximum absolute atomic E-state index is 9.31. The first-order valence-corrected chi connectivity index (χ1v) is 7.81. The Morgan fingerprint density at radius 3 is 2.52 bits per heavy atom. The van der Waals surface area contributed by atoms with E-state index in [-0.39, 0.29) is 5.15 Å². The number of pyridine rings is 1. The minimum atomic E-state index is 0.290. The summed E-state index contributed by atoms with van der Waals surface area (Å²) in [5.41, 5.74) is 1.90. The highest BCUT2D eigenvalue weighted by atomic mass is 35.5. The topological polar surface area (TPSA) is 45.9 Å². The van der Waals surface area contributed by atoms with Crippen molar-refractivity contribution in [3.63, 3.8) is 0 Å². The highest BCUT2D eigenvalue weighted by Gasteiger charge is 2.19. The number of allylic oxidation sites excluding steroid dienone is 4. The first-order chi connectivity index (χ1) is 11.2. The van der Waals surface area contributed by atoms with Crippen LogP contribution in [0.3, 0.4) is 0 Å². The molecule has 3 rings (SSSR count). The molecule has 0 fully saturated rings. The Kier molecular flexibility index (Phi) is 4.66. The van der Waals surface area contributed by atoms with Gasteiger partial charge in [-0.05, 0) is 30.2 Å². The molecule has 0 bridgehead atoms. The number of hydrogen-bond acceptors (Lipinski definition) is 3. The zero-order valence-electron chi connectivity index (χ0n) is 12.1. The monoisotopic (exact) mass is 342 g/mol. The van der Waals surface area contributed by atoms with Crippen LogP contribution in [0, 0.1) is 11.3 Å². The number of benzene rings is 1. The van der Waals surface area contributed by atoms with Gasteiger partial charge in [-0.3, -0.25) is 0 Å². The maximum Gasteiger partial charge on any atom is 0.137 e. The average Bonchev–Trinajstić information content (AvgIpc) is 2.58. The highest BCUT2D eigenvalue weighted by molar-refractivity contribution is 6.34. The van der Waals surface area contributed by atoms with E-state index in [9.17, 15) is 5.26 Å². The molecular weight excluding hydrogens is 331 g/mol. The van der Waals surface area contributed by atoms with Crippen molar-refractivity contribution >= 4 is 28.8 Å². The standard InChI is InChI=1S/C18H12Cl2N2O/c19-16-11-22-18(20)17(15(16)10-21)12-6-8-14(9-7-12)23-13-4-2-1-3-5-13/h1-6,8,11H,7,9H2. The van der Waals surface area contributed by atoms with E-state index < -0.39 is 0 Å². The molecule has 0 aliphatic heterocycles. The summed E-state index contributed by atoms with van der Waals surface area (Å²) in [5, 5.41) is 9.91. The molecule has 0 unspecified atom stereocenters. The number of nitriles is 1. The molecule has 2 aromatic rings. The lowest BCUT2D eigenvalue weighted by molar-refractivity contribution is 0.404. The van der Waals surface area contributed by atoms with E-state index in [1.165, 1.54) is 6.20 Å². The molecule has 0 saturated heterocycles. The Balaban J connectivity index is 1.90. The van der Waals surface area contributed by atoms with Crippen LogP contribution in [-0.4, -0.2) is 4.98 Å². The minimum absolute atomic E-state index is 0.290. The fraction of sp³-hybridized carbons (Fsp3) is 0.111. The summed E-state index contributed by atoms with van der Waals surface area (Å²) in [4.78, 5) is 4.04. The van der Waals surface area contributed by atoms with E-state index in [2.05, 4.69) is 11.1 Å². The van der Waals surface area contributed by atoms with Crippen molar-refractivity contribution in [3.05, 3.63) is 75.7 Å². The molecule has 0 amide bonds. The molecular formula is C18H12Cl2N2O. The van der Waals surface area contributed by atoms with E-state index in [1.54, 1.807) is 0 Å². The Bertz CT molecular complexity index is 836. The van der Waals surface area contributed by atoms with Gasteiger partial charge in [0.1, 0.15) is 22.7 Å². The molecule has 0 atom stereocenters. The van der Waals surface area contributed by atoms with E-state index in [0.717, 1.165) is 17.1 Å². The SMILES string of the molecule is N#Cc1c(Cl)cnc(Cl)c1C1=CC=C(Oc2ccccc2)CC1. The van der Waals surface area contributed by atoms with Crippen LogP contribution in [-0.2, 0) is 0 Å². The largest absolute Gasteiger partial charge is 0.462 e. The van der Waals surface area contributed by atoms with Gasteiger partial charge < -0.3 is 4.74 Å². The second-order valence-corrected chi connectivity index (χ2v) is 5.76. The van der Waals surface area contributed by atoms with Crippen LogP contribution in [0.25, 0.3) is 5.57 Å². The Morgan fingerprint density at radius 1 is 1.09 bits per heavy atom. The van der Waals surface area contributed by atoms with Crippen molar-refractivity contribution in [2.24, 2.45) is 0 Å². The zero-order valence-corrected chi connectivity index (χ0v) is 13.6. The molecule has 0 saturated carbocycles. The van der Waals surface area contributed by atoms with E-state index in [0.29, 0.717) is 29.0 Å². The minimum Gasteiger partial charge on any atom is -0.462 e. The molecule has 1 heterocycles. The predicted octanol–water partition coefficient (Wildman–Crippen LogP) is 5.40. The number of nitrogens with zero attached hydrogens (tertiary/aromatic N) is 2. The quantitative estimate of drug-likeness (QED) is 0.701. The van der Waals surface area contributed by atoms with Crippen LogP contribution < -0.4 is 4.74 Å². The normalized spacial score (nSPS) is 13.8. The molecule has 0 radical (unpaired) electrons. The molecule has 5 heteroatoms. The van der Waals surface area contributed by atoms with Crippen molar-refractivity contribution in [2.45, 2.75) is 12.8 Å². The van der Waals surface area contributed by atoms with Gasteiger partial charge in [0.15, 0.2) is 0 Å². The molecule has 3 nitrogen and oxygen atoms in total. The van der Waals surface area contributed by atoms with Gasteiger partial charge in [0.2, 0.25) is 0 Å². The lowest BCUT2D eigenvalue weighted by atomic mass is 9.94. The van der Waals surface area contributed by atoms with Crippen LogP contribution in [0.5, 0.6) is 5.75 Å². The van der Waals surface area contributed by atoms with Crippen molar-refractivity contribution in [3.8, 4) is 11.8 Å². The van der Waals surface area contributed by atoms with Gasteiger partial charge in [0.25, 0.3) is 0 Å². The van der Waals surface area contributed by atoms with Crippen molar-refractivity contribution in [2.75, 3.05) is 0 Å². The maximum atomic E-state index is 9.31. The molecule has 0 spiro atoms. The number of halogens is 2. The highest BCUT2D eigenvalue weighted by Crippen LogP contribution is 2.35. The van der Waals surface area contributed by atoms with Gasteiger partial charge >= 0.3 is 0 Å². The summed E-state index contributed by atoms with van der Waals surface area (Å²) in [6.07, 6.45) is 6.62. The summed E-state index contributed by atoms with van der Waals surface area (Å²) in [7, 11) is 0. The third kappa shape index (κ3) is 3.39. The van der Waals surface area contributed by atoms with Gasteiger partial charge in [-0.15, -0.1) is 0 Å². The second kappa shape index (κ2) is 6.87. The van der Waals surface area contributed by atoms with E-state index in [1.807, 2.05) is 42.5 Å². The summed E-state index contributed by atoms with van der Waals surface area (Å²) < 4.78 is 5.83. The van der Waals surface area contributed by atoms with Crippen LogP contribution in [0.15, 0.2) is 54.4 Å². The third-order valence-corrected chi connectivity index (χ3v) is 4.10. The summed E-state index contributed by atoms with van der Waals surface area (Å²) in [5.74, 6) is 1.67. The Hall–Kier alpha value is -2.28. The van der Waals surface area contributed by atoms with Crippen molar-refractivity contribution in [1.82, 2.24) is 4.98 Å². The van der Waals surface area contributed by atoms with Crippen LogP contribution in [0.2, 0.25) is 10.2 Å². The lowest BCUT2D eigenvalue weighted by Gasteiger charge is -2.17. The first kappa shape index (κ1) is 15.6. The smallest absolute Gasteiger partial charge is 0.137 e. The molecule has 23 heavy (non-hydrogen) atoms. The van der Waals surface area contributed by atoms with Gasteiger partial charge in [0, 0.05) is 18.2 Å². The summed E-state index contributed by atoms with van der Waals surface area (Å²) in [6, 6.07) is 11.7. The molecule has 1 aliphatic rings. The van der Waals surface area contributed by atoms with Gasteiger partial charge in [0.05, 0.1) is 10.6 Å². The Morgan fingerprint density at radius 2 is 1.87 bits per heavy atom. The molecule has 1 aromatic heterocycles. The summed E-state index contributed by atoms with van der Waals surface area (Å²) >= 11 is 12.2. The third-order valence-electron chi connectivity index (χ3n) is 3.52. The fourth-order valence-corrected chi connectivity index (χ4v) is 2.87. The van der Waals surface area contributed by atoms with E-state index in [4.69, 9.17) is 27.9 Å². The molecule has 114 valence electrons. The fourth-order valence-electron chi connectivity index (χ4n) is 2.42. The zero-order chi connectivity index (χ0) is 16.2. The lowest BCUT2D eigenvalue weighted by Crippen LogP contribution is -2.02. The molecule has 1 aliphatic carbocycles. The van der Waals surface area contributed by atoms with Gasteiger partial charge in [-0.1, -0.05) is 47.5 Å². The Labute approximate surface area is 144 Å². The van der Waals surface area contributed by atoms with Crippen molar-refractivity contribution in [1.29, 1.82) is 5.26 Å². The summed E-state index contributed by atoms with van der Waals surface area (Å²) in [6.45, 7) is 0. The predicted molar refractivity (Wildman–Crippen MR) is 91.3 cm³/mol.